The van der Waals surface area contributed by atoms with Crippen molar-refractivity contribution in [1.82, 2.24) is 0 Å². The van der Waals surface area contributed by atoms with Crippen LogP contribution in [0.5, 0.6) is 17.2 Å². The highest BCUT2D eigenvalue weighted by atomic mass is 16.6. The van der Waals surface area contributed by atoms with Gasteiger partial charge in [-0.1, -0.05) is 43.8 Å². The Hall–Kier alpha value is -3.80. The predicted molar refractivity (Wildman–Crippen MR) is 123 cm³/mol. The summed E-state index contributed by atoms with van der Waals surface area (Å²) in [5.41, 5.74) is 3.64. The number of ether oxygens (including phenoxy) is 2. The molecular formula is C25H26N2O4. The van der Waals surface area contributed by atoms with Crippen molar-refractivity contribution in [2.45, 2.75) is 26.8 Å². The second-order valence-electron chi connectivity index (χ2n) is 7.03. The number of nitrogens with one attached hydrogen (secondary N) is 1. The van der Waals surface area contributed by atoms with Gasteiger partial charge in [-0.3, -0.25) is 10.1 Å². The molecule has 0 unspecified atom stereocenters. The summed E-state index contributed by atoms with van der Waals surface area (Å²) < 4.78 is 11.7. The molecule has 0 aliphatic heterocycles. The lowest BCUT2D eigenvalue weighted by atomic mass is 10.1. The standard InChI is InChI=1S/C25H26N2O4/c1-4-15-30-25-16-22(14-11-20(25)5-2)31-21-12-9-19(10-13-21)17-26-23-7-6-8-24(18(23)3)27(28)29/h4,6-14,16,26H,1,5,15,17H2,2-3H3. The molecule has 0 saturated heterocycles. The van der Waals surface area contributed by atoms with Gasteiger partial charge in [0.15, 0.2) is 0 Å². The third-order valence-electron chi connectivity index (χ3n) is 4.92. The van der Waals surface area contributed by atoms with Crippen molar-refractivity contribution in [2.75, 3.05) is 11.9 Å². The van der Waals surface area contributed by atoms with Crippen LogP contribution in [0.15, 0.2) is 73.3 Å². The number of nitro benzene ring substituents is 1. The molecule has 160 valence electrons. The molecule has 0 aliphatic rings. The Balaban J connectivity index is 1.65. The van der Waals surface area contributed by atoms with Gasteiger partial charge in [0, 0.05) is 29.9 Å². The van der Waals surface area contributed by atoms with Crippen molar-refractivity contribution in [3.63, 3.8) is 0 Å². The summed E-state index contributed by atoms with van der Waals surface area (Å²) in [4.78, 5) is 10.7. The minimum Gasteiger partial charge on any atom is -0.489 e. The first-order valence-electron chi connectivity index (χ1n) is 10.1. The zero-order chi connectivity index (χ0) is 22.2. The Morgan fingerprint density at radius 2 is 1.84 bits per heavy atom. The first kappa shape index (κ1) is 21.9. The van der Waals surface area contributed by atoms with E-state index in [2.05, 4.69) is 18.8 Å². The number of nitro groups is 1. The molecule has 1 N–H and O–H groups in total. The summed E-state index contributed by atoms with van der Waals surface area (Å²) in [5, 5.41) is 14.4. The number of aryl methyl sites for hydroxylation is 1. The molecule has 0 heterocycles. The van der Waals surface area contributed by atoms with Gasteiger partial charge in [-0.25, -0.2) is 0 Å². The molecule has 31 heavy (non-hydrogen) atoms. The van der Waals surface area contributed by atoms with Crippen molar-refractivity contribution in [1.29, 1.82) is 0 Å². The maximum Gasteiger partial charge on any atom is 0.274 e. The van der Waals surface area contributed by atoms with Gasteiger partial charge in [0.05, 0.1) is 4.92 Å². The van der Waals surface area contributed by atoms with E-state index in [1.165, 1.54) is 6.07 Å². The third-order valence-corrected chi connectivity index (χ3v) is 4.92. The molecule has 0 radical (unpaired) electrons. The number of rotatable bonds is 10. The van der Waals surface area contributed by atoms with Crippen LogP contribution >= 0.6 is 0 Å². The van der Waals surface area contributed by atoms with Crippen LogP contribution < -0.4 is 14.8 Å². The molecule has 3 aromatic rings. The topological polar surface area (TPSA) is 73.6 Å². The molecule has 0 amide bonds. The molecule has 0 aliphatic carbocycles. The van der Waals surface area contributed by atoms with E-state index in [4.69, 9.17) is 9.47 Å². The van der Waals surface area contributed by atoms with E-state index in [1.54, 1.807) is 19.1 Å². The largest absolute Gasteiger partial charge is 0.489 e. The first-order chi connectivity index (χ1) is 15.0. The molecule has 0 bridgehead atoms. The summed E-state index contributed by atoms with van der Waals surface area (Å²) in [6, 6.07) is 18.6. The van der Waals surface area contributed by atoms with Crippen molar-refractivity contribution in [3.8, 4) is 17.2 Å². The SMILES string of the molecule is C=CCOc1cc(Oc2ccc(CNc3cccc([N+](=O)[O-])c3C)cc2)ccc1CC. The zero-order valence-electron chi connectivity index (χ0n) is 17.8. The van der Waals surface area contributed by atoms with Gasteiger partial charge in [-0.05, 0) is 48.7 Å². The number of anilines is 1. The van der Waals surface area contributed by atoms with Crippen LogP contribution in [0.3, 0.4) is 0 Å². The maximum atomic E-state index is 11.1. The minimum absolute atomic E-state index is 0.110. The second kappa shape index (κ2) is 10.3. The van der Waals surface area contributed by atoms with Gasteiger partial charge in [-0.15, -0.1) is 0 Å². The minimum atomic E-state index is -0.368. The predicted octanol–water partition coefficient (Wildman–Crippen LogP) is 6.43. The molecule has 6 heteroatoms. The van der Waals surface area contributed by atoms with Crippen LogP contribution in [0, 0.1) is 17.0 Å². The van der Waals surface area contributed by atoms with Gasteiger partial charge in [-0.2, -0.15) is 0 Å². The average molecular weight is 418 g/mol. The molecule has 6 nitrogen and oxygen atoms in total. The van der Waals surface area contributed by atoms with Gasteiger partial charge in [0.2, 0.25) is 0 Å². The molecule has 0 atom stereocenters. The fourth-order valence-corrected chi connectivity index (χ4v) is 3.19. The number of hydrogen-bond acceptors (Lipinski definition) is 5. The van der Waals surface area contributed by atoms with Crippen LogP contribution in [-0.2, 0) is 13.0 Å². The van der Waals surface area contributed by atoms with Crippen molar-refractivity contribution >= 4 is 11.4 Å². The zero-order valence-corrected chi connectivity index (χ0v) is 17.8. The summed E-state index contributed by atoms with van der Waals surface area (Å²) >= 11 is 0. The molecule has 0 saturated carbocycles. The van der Waals surface area contributed by atoms with Crippen molar-refractivity contribution < 1.29 is 14.4 Å². The highest BCUT2D eigenvalue weighted by molar-refractivity contribution is 5.59. The lowest BCUT2D eigenvalue weighted by Gasteiger charge is -2.13. The van der Waals surface area contributed by atoms with E-state index < -0.39 is 0 Å². The van der Waals surface area contributed by atoms with Crippen molar-refractivity contribution in [3.05, 3.63) is 100 Å². The van der Waals surface area contributed by atoms with E-state index in [0.717, 1.165) is 29.0 Å². The van der Waals surface area contributed by atoms with Gasteiger partial charge >= 0.3 is 0 Å². The smallest absolute Gasteiger partial charge is 0.274 e. The molecule has 3 rings (SSSR count). The molecular weight excluding hydrogens is 392 g/mol. The van der Waals surface area contributed by atoms with Crippen LogP contribution in [-0.4, -0.2) is 11.5 Å². The number of nitrogens with zero attached hydrogens (tertiary/aromatic N) is 1. The van der Waals surface area contributed by atoms with Gasteiger partial charge in [0.1, 0.15) is 23.9 Å². The van der Waals surface area contributed by atoms with E-state index >= 15 is 0 Å². The van der Waals surface area contributed by atoms with Crippen LogP contribution in [0.1, 0.15) is 23.6 Å². The van der Waals surface area contributed by atoms with Crippen LogP contribution in [0.25, 0.3) is 0 Å². The Bertz CT molecular complexity index is 1060. The fraction of sp³-hybridized carbons (Fsp3) is 0.200. The monoisotopic (exact) mass is 418 g/mol. The second-order valence-corrected chi connectivity index (χ2v) is 7.03. The van der Waals surface area contributed by atoms with Crippen LogP contribution in [0.4, 0.5) is 11.4 Å². The normalized spacial score (nSPS) is 10.4. The summed E-state index contributed by atoms with van der Waals surface area (Å²) in [5.74, 6) is 2.22. The van der Waals surface area contributed by atoms with E-state index in [9.17, 15) is 10.1 Å². The number of benzene rings is 3. The molecule has 0 spiro atoms. The third kappa shape index (κ3) is 5.63. The highest BCUT2D eigenvalue weighted by Crippen LogP contribution is 2.30. The first-order valence-corrected chi connectivity index (χ1v) is 10.1. The van der Waals surface area contributed by atoms with E-state index in [-0.39, 0.29) is 10.6 Å². The van der Waals surface area contributed by atoms with E-state index in [1.807, 2.05) is 48.5 Å². The summed E-state index contributed by atoms with van der Waals surface area (Å²) in [6.07, 6.45) is 2.59. The Labute approximate surface area is 182 Å². The Morgan fingerprint density at radius 1 is 1.10 bits per heavy atom. The molecule has 0 fully saturated rings. The summed E-state index contributed by atoms with van der Waals surface area (Å²) in [6.45, 7) is 8.51. The quantitative estimate of drug-likeness (QED) is 0.233. The fourth-order valence-electron chi connectivity index (χ4n) is 3.19. The summed E-state index contributed by atoms with van der Waals surface area (Å²) in [7, 11) is 0. The van der Waals surface area contributed by atoms with Gasteiger partial charge < -0.3 is 14.8 Å². The molecule has 3 aromatic carbocycles. The van der Waals surface area contributed by atoms with Crippen molar-refractivity contribution in [2.24, 2.45) is 0 Å². The Morgan fingerprint density at radius 3 is 2.52 bits per heavy atom. The lowest BCUT2D eigenvalue weighted by molar-refractivity contribution is -0.385. The number of hydrogen-bond donors (Lipinski definition) is 1. The maximum absolute atomic E-state index is 11.1. The average Bonchev–Trinajstić information content (AvgIpc) is 2.78. The molecule has 0 aromatic heterocycles. The lowest BCUT2D eigenvalue weighted by Crippen LogP contribution is -2.02. The highest BCUT2D eigenvalue weighted by Gasteiger charge is 2.13. The Kier molecular flexibility index (Phi) is 7.27. The van der Waals surface area contributed by atoms with Crippen LogP contribution in [0.2, 0.25) is 0 Å². The van der Waals surface area contributed by atoms with Gasteiger partial charge in [0.25, 0.3) is 5.69 Å². The van der Waals surface area contributed by atoms with E-state index in [0.29, 0.717) is 30.2 Å².